The topological polar surface area (TPSA) is 237 Å². The van der Waals surface area contributed by atoms with Crippen molar-refractivity contribution in [3.05, 3.63) is 35.9 Å². The lowest BCUT2D eigenvalue weighted by Gasteiger charge is -2.32. The average molecular weight is 576 g/mol. The molecule has 1 aromatic carbocycles. The molecule has 0 heterocycles. The fourth-order valence-electron chi connectivity index (χ4n) is 3.21. The van der Waals surface area contributed by atoms with Crippen LogP contribution >= 0.6 is 0 Å². The van der Waals surface area contributed by atoms with Crippen LogP contribution in [-0.4, -0.2) is 87.6 Å². The van der Waals surface area contributed by atoms with Gasteiger partial charge in [-0.05, 0) is 30.7 Å². The Morgan fingerprint density at radius 1 is 0.700 bits per heavy atom. The lowest BCUT2D eigenvalue weighted by molar-refractivity contribution is -0.135. The van der Waals surface area contributed by atoms with Crippen molar-refractivity contribution in [3.8, 4) is 0 Å². The maximum atomic E-state index is 9.00. The van der Waals surface area contributed by atoms with E-state index in [0.29, 0.717) is 6.04 Å². The molecule has 13 nitrogen and oxygen atoms in total. The number of hydrogen-bond acceptors (Lipinski definition) is 8. The van der Waals surface area contributed by atoms with Gasteiger partial charge in [-0.15, -0.1) is 0 Å². The molecule has 0 aromatic heterocycles. The molecule has 1 aromatic rings. The summed E-state index contributed by atoms with van der Waals surface area (Å²) in [6.07, 6.45) is 6.67. The number of rotatable bonds is 8. The second-order valence-electron chi connectivity index (χ2n) is 8.43. The Bertz CT molecular complexity index is 702. The van der Waals surface area contributed by atoms with Gasteiger partial charge in [0.15, 0.2) is 0 Å². The molecule has 1 saturated carbocycles. The Balaban J connectivity index is -0.000000264. The number of nitrogens with one attached hydrogen (secondary N) is 2. The third-order valence-electron chi connectivity index (χ3n) is 4.28. The zero-order valence-electron chi connectivity index (χ0n) is 24.3. The maximum Gasteiger partial charge on any atom is 0.300 e. The molecule has 40 heavy (non-hydrogen) atoms. The van der Waals surface area contributed by atoms with E-state index in [1.54, 1.807) is 0 Å². The maximum absolute atomic E-state index is 9.00. The fraction of sp³-hybridized carbons (Fsp3) is 0.593. The lowest BCUT2D eigenvalue weighted by Crippen LogP contribution is -2.42. The van der Waals surface area contributed by atoms with Crippen LogP contribution in [0.1, 0.15) is 65.9 Å². The lowest BCUT2D eigenvalue weighted by atomic mass is 9.80. The van der Waals surface area contributed by atoms with E-state index in [4.69, 9.17) is 55.2 Å². The molecule has 9 N–H and O–H groups in total. The van der Waals surface area contributed by atoms with Crippen molar-refractivity contribution in [2.24, 2.45) is 11.7 Å². The Morgan fingerprint density at radius 3 is 1.50 bits per heavy atom. The summed E-state index contributed by atoms with van der Waals surface area (Å²) in [4.78, 5) is 45.0. The van der Waals surface area contributed by atoms with Gasteiger partial charge in [0, 0.05) is 66.8 Å². The van der Waals surface area contributed by atoms with Crippen LogP contribution in [0.4, 0.5) is 0 Å². The predicted octanol–water partition coefficient (Wildman–Crippen LogP) is 2.38. The molecule has 13 heteroatoms. The Morgan fingerprint density at radius 2 is 1.10 bits per heavy atom. The summed E-state index contributed by atoms with van der Waals surface area (Å²) < 4.78 is 0. The molecular weight excluding hydrogens is 526 g/mol. The van der Waals surface area contributed by atoms with Crippen LogP contribution in [0.3, 0.4) is 0 Å². The van der Waals surface area contributed by atoms with Crippen molar-refractivity contribution >= 4 is 29.8 Å². The van der Waals surface area contributed by atoms with Gasteiger partial charge < -0.3 is 41.9 Å². The monoisotopic (exact) mass is 575 g/mol. The summed E-state index contributed by atoms with van der Waals surface area (Å²) in [5.41, 5.74) is 6.96. The zero-order chi connectivity index (χ0) is 31.9. The minimum absolute atomic E-state index is 0.684. The largest absolute Gasteiger partial charge is 0.481 e. The molecule has 0 spiro atoms. The molecule has 0 amide bonds. The van der Waals surface area contributed by atoms with Crippen molar-refractivity contribution in [1.29, 1.82) is 0 Å². The third kappa shape index (κ3) is 55.1. The third-order valence-corrected chi connectivity index (χ3v) is 4.28. The van der Waals surface area contributed by atoms with Crippen molar-refractivity contribution in [3.63, 3.8) is 0 Å². The minimum atomic E-state index is -0.833. The second-order valence-corrected chi connectivity index (χ2v) is 8.43. The molecule has 1 aliphatic carbocycles. The van der Waals surface area contributed by atoms with Crippen molar-refractivity contribution in [1.82, 2.24) is 10.6 Å². The SMILES string of the molecule is CC(=O)O.CC(=O)O.CC(=O)O.CC(=O)O.CC(=O)O.NCCNCCNC1CCCCC1Cc1ccccc1. The molecule has 0 saturated heterocycles. The Hall–Kier alpha value is -3.55. The Kier molecular flexibility index (Phi) is 34.4. The first kappa shape index (κ1) is 43.5. The van der Waals surface area contributed by atoms with Crippen LogP contribution in [0.15, 0.2) is 30.3 Å². The smallest absolute Gasteiger partial charge is 0.300 e. The van der Waals surface area contributed by atoms with E-state index < -0.39 is 29.8 Å². The first-order chi connectivity index (χ1) is 18.6. The predicted molar refractivity (Wildman–Crippen MR) is 152 cm³/mol. The van der Waals surface area contributed by atoms with Crippen LogP contribution in [0.25, 0.3) is 0 Å². The van der Waals surface area contributed by atoms with Crippen LogP contribution in [-0.2, 0) is 30.4 Å². The highest BCUT2D eigenvalue weighted by Gasteiger charge is 2.24. The quantitative estimate of drug-likeness (QED) is 0.208. The van der Waals surface area contributed by atoms with Gasteiger partial charge in [0.1, 0.15) is 0 Å². The van der Waals surface area contributed by atoms with E-state index in [0.717, 1.165) is 66.7 Å². The molecule has 1 aliphatic rings. The summed E-state index contributed by atoms with van der Waals surface area (Å²) in [6.45, 7) is 9.13. The van der Waals surface area contributed by atoms with Gasteiger partial charge in [0.2, 0.25) is 0 Å². The van der Waals surface area contributed by atoms with Gasteiger partial charge in [-0.3, -0.25) is 24.0 Å². The van der Waals surface area contributed by atoms with Crippen LogP contribution in [0, 0.1) is 5.92 Å². The summed E-state index contributed by atoms with van der Waals surface area (Å²) >= 11 is 0. The van der Waals surface area contributed by atoms with E-state index in [1.165, 1.54) is 37.7 Å². The van der Waals surface area contributed by atoms with Crippen LogP contribution in [0.2, 0.25) is 0 Å². The molecule has 2 unspecified atom stereocenters. The van der Waals surface area contributed by atoms with Gasteiger partial charge >= 0.3 is 0 Å². The van der Waals surface area contributed by atoms with Crippen LogP contribution < -0.4 is 16.4 Å². The Labute approximate surface area is 236 Å². The molecule has 2 atom stereocenters. The van der Waals surface area contributed by atoms with Gasteiger partial charge in [-0.25, -0.2) is 0 Å². The average Bonchev–Trinajstić information content (AvgIpc) is 2.79. The number of aliphatic carboxylic acids is 5. The summed E-state index contributed by atoms with van der Waals surface area (Å²) in [7, 11) is 0. The minimum Gasteiger partial charge on any atom is -0.481 e. The summed E-state index contributed by atoms with van der Waals surface area (Å²) in [5.74, 6) is -3.37. The number of carboxylic acid groups (broad SMARTS) is 5. The second kappa shape index (κ2) is 31.7. The van der Waals surface area contributed by atoms with E-state index in [9.17, 15) is 0 Å². The number of benzene rings is 1. The molecule has 2 rings (SSSR count). The molecule has 232 valence electrons. The number of carbonyl (C=O) groups is 5. The van der Waals surface area contributed by atoms with Gasteiger partial charge in [-0.1, -0.05) is 43.2 Å². The standard InChI is InChI=1S/C17H29N3.5C2H4O2/c18-10-11-19-12-13-20-17-9-5-4-8-16(17)14-15-6-2-1-3-7-15;5*1-2(3)4/h1-3,6-7,16-17,19-20H,4-5,8-14,18H2;5*1H3,(H,3,4). The summed E-state index contributed by atoms with van der Waals surface area (Å²) in [5, 5.41) is 44.2. The van der Waals surface area contributed by atoms with Crippen molar-refractivity contribution < 1.29 is 49.5 Å². The van der Waals surface area contributed by atoms with Gasteiger partial charge in [0.25, 0.3) is 29.8 Å². The van der Waals surface area contributed by atoms with E-state index in [-0.39, 0.29) is 0 Å². The number of nitrogens with two attached hydrogens (primary N) is 1. The van der Waals surface area contributed by atoms with E-state index in [1.807, 2.05) is 0 Å². The van der Waals surface area contributed by atoms with Gasteiger partial charge in [-0.2, -0.15) is 0 Å². The molecule has 1 fully saturated rings. The first-order valence-corrected chi connectivity index (χ1v) is 12.7. The molecule has 0 radical (unpaired) electrons. The highest BCUT2D eigenvalue weighted by molar-refractivity contribution is 5.63. The number of hydrogen-bond donors (Lipinski definition) is 8. The molecule has 0 bridgehead atoms. The van der Waals surface area contributed by atoms with E-state index >= 15 is 0 Å². The fourth-order valence-corrected chi connectivity index (χ4v) is 3.21. The summed E-state index contributed by atoms with van der Waals surface area (Å²) in [6, 6.07) is 11.6. The normalized spacial score (nSPS) is 14.6. The van der Waals surface area contributed by atoms with Crippen molar-refractivity contribution in [2.45, 2.75) is 72.8 Å². The van der Waals surface area contributed by atoms with Crippen molar-refractivity contribution in [2.75, 3.05) is 26.2 Å². The zero-order valence-corrected chi connectivity index (χ0v) is 24.3. The first-order valence-electron chi connectivity index (χ1n) is 12.7. The van der Waals surface area contributed by atoms with Gasteiger partial charge in [0.05, 0.1) is 0 Å². The molecular formula is C27H49N3O10. The van der Waals surface area contributed by atoms with Crippen LogP contribution in [0.5, 0.6) is 0 Å². The molecule has 0 aliphatic heterocycles. The highest BCUT2D eigenvalue weighted by atomic mass is 16.4. The van der Waals surface area contributed by atoms with E-state index in [2.05, 4.69) is 41.0 Å². The highest BCUT2D eigenvalue weighted by Crippen LogP contribution is 2.27. The number of carboxylic acids is 5.